The van der Waals surface area contributed by atoms with Crippen molar-refractivity contribution in [2.45, 2.75) is 38.3 Å². The highest BCUT2D eigenvalue weighted by atomic mass is 35.5. The Bertz CT molecular complexity index is 714. The fourth-order valence-electron chi connectivity index (χ4n) is 3.62. The van der Waals surface area contributed by atoms with Crippen LogP contribution in [0.1, 0.15) is 42.0 Å². The molecular weight excluding hydrogens is 322 g/mol. The number of benzene rings is 2. The number of carboxylic acids is 1. The maximum absolute atomic E-state index is 11.8. The second-order valence-corrected chi connectivity index (χ2v) is 6.83. The predicted octanol–water partition coefficient (Wildman–Crippen LogP) is 4.68. The van der Waals surface area contributed by atoms with Crippen molar-refractivity contribution < 1.29 is 9.90 Å². The minimum atomic E-state index is -0.734. The van der Waals surface area contributed by atoms with Gasteiger partial charge in [0.15, 0.2) is 0 Å². The summed E-state index contributed by atoms with van der Waals surface area (Å²) in [5.41, 5.74) is 3.42. The summed E-state index contributed by atoms with van der Waals surface area (Å²) < 4.78 is 0. The summed E-state index contributed by atoms with van der Waals surface area (Å²) in [5, 5.41) is 10.4. The van der Waals surface area contributed by atoms with E-state index in [9.17, 15) is 9.90 Å². The maximum atomic E-state index is 11.8. The van der Waals surface area contributed by atoms with Gasteiger partial charge in [0.1, 0.15) is 6.04 Å². The fourth-order valence-corrected chi connectivity index (χ4v) is 3.74. The van der Waals surface area contributed by atoms with Crippen molar-refractivity contribution in [1.29, 1.82) is 0 Å². The minimum Gasteiger partial charge on any atom is -0.480 e. The average Bonchev–Trinajstić information content (AvgIpc) is 2.59. The van der Waals surface area contributed by atoms with Gasteiger partial charge in [-0.05, 0) is 55.1 Å². The summed E-state index contributed by atoms with van der Waals surface area (Å²) >= 11 is 6.05. The number of hydrogen-bond acceptors (Lipinski definition) is 2. The van der Waals surface area contributed by atoms with Gasteiger partial charge in [0, 0.05) is 5.02 Å². The standard InChI is InChI=1S/C20H22ClNO2/c1-14-6-2-3-7-17(14)19(15-9-11-16(21)12-10-15)22-13-5-4-8-18(22)20(23)24/h2-3,6-7,9-12,18-19H,4-5,8,13H2,1H3,(H,23,24). The summed E-state index contributed by atoms with van der Waals surface area (Å²) in [4.78, 5) is 13.9. The first-order chi connectivity index (χ1) is 11.6. The Morgan fingerprint density at radius 1 is 1.17 bits per heavy atom. The predicted molar refractivity (Wildman–Crippen MR) is 96.5 cm³/mol. The molecular formula is C20H22ClNO2. The molecule has 1 heterocycles. The smallest absolute Gasteiger partial charge is 0.320 e. The molecule has 2 aromatic carbocycles. The van der Waals surface area contributed by atoms with Crippen LogP contribution in [-0.2, 0) is 4.79 Å². The summed E-state index contributed by atoms with van der Waals surface area (Å²) in [5.74, 6) is -0.734. The number of nitrogens with zero attached hydrogens (tertiary/aromatic N) is 1. The topological polar surface area (TPSA) is 40.5 Å². The third-order valence-electron chi connectivity index (χ3n) is 4.83. The number of likely N-dealkylation sites (tertiary alicyclic amines) is 1. The first-order valence-corrected chi connectivity index (χ1v) is 8.75. The van der Waals surface area contributed by atoms with Crippen LogP contribution in [0.4, 0.5) is 0 Å². The van der Waals surface area contributed by atoms with Crippen LogP contribution in [0.25, 0.3) is 0 Å². The lowest BCUT2D eigenvalue weighted by Crippen LogP contribution is -2.47. The van der Waals surface area contributed by atoms with Gasteiger partial charge in [-0.3, -0.25) is 9.69 Å². The monoisotopic (exact) mass is 343 g/mol. The quantitative estimate of drug-likeness (QED) is 0.876. The van der Waals surface area contributed by atoms with Crippen molar-refractivity contribution in [3.05, 3.63) is 70.2 Å². The molecule has 24 heavy (non-hydrogen) atoms. The van der Waals surface area contributed by atoms with Gasteiger partial charge < -0.3 is 5.11 Å². The van der Waals surface area contributed by atoms with Crippen LogP contribution >= 0.6 is 11.6 Å². The molecule has 0 aromatic heterocycles. The Labute approximate surface area is 147 Å². The molecule has 1 aliphatic heterocycles. The number of halogens is 1. The Morgan fingerprint density at radius 3 is 2.54 bits per heavy atom. The number of carboxylic acid groups (broad SMARTS) is 1. The lowest BCUT2D eigenvalue weighted by molar-refractivity contribution is -0.145. The van der Waals surface area contributed by atoms with Crippen molar-refractivity contribution in [3.63, 3.8) is 0 Å². The Kier molecular flexibility index (Phi) is 5.22. The van der Waals surface area contributed by atoms with Gasteiger partial charge in [-0.15, -0.1) is 0 Å². The molecule has 0 amide bonds. The number of piperidine rings is 1. The molecule has 0 spiro atoms. The van der Waals surface area contributed by atoms with E-state index in [1.54, 1.807) is 0 Å². The molecule has 2 aromatic rings. The van der Waals surface area contributed by atoms with Crippen LogP contribution in [-0.4, -0.2) is 28.6 Å². The first kappa shape index (κ1) is 17.0. The number of aliphatic carboxylic acids is 1. The molecule has 3 rings (SSSR count). The van der Waals surface area contributed by atoms with Gasteiger partial charge in [0.05, 0.1) is 6.04 Å². The van der Waals surface area contributed by atoms with Crippen molar-refractivity contribution in [3.8, 4) is 0 Å². The summed E-state index contributed by atoms with van der Waals surface area (Å²) in [6.45, 7) is 2.87. The van der Waals surface area contributed by atoms with Gasteiger partial charge in [-0.25, -0.2) is 0 Å². The molecule has 1 N–H and O–H groups in total. The van der Waals surface area contributed by atoms with E-state index in [1.165, 1.54) is 5.56 Å². The fraction of sp³-hybridized carbons (Fsp3) is 0.350. The van der Waals surface area contributed by atoms with Crippen molar-refractivity contribution >= 4 is 17.6 Å². The highest BCUT2D eigenvalue weighted by molar-refractivity contribution is 6.30. The van der Waals surface area contributed by atoms with Gasteiger partial charge >= 0.3 is 5.97 Å². The number of aryl methyl sites for hydroxylation is 1. The molecule has 1 fully saturated rings. The van der Waals surface area contributed by atoms with E-state index >= 15 is 0 Å². The Morgan fingerprint density at radius 2 is 1.88 bits per heavy atom. The SMILES string of the molecule is Cc1ccccc1C(c1ccc(Cl)cc1)N1CCCCC1C(=O)O. The Balaban J connectivity index is 2.09. The molecule has 0 bridgehead atoms. The van der Waals surface area contributed by atoms with Crippen molar-refractivity contribution in [1.82, 2.24) is 4.90 Å². The van der Waals surface area contributed by atoms with E-state index in [2.05, 4.69) is 24.0 Å². The normalized spacial score (nSPS) is 19.8. The molecule has 2 unspecified atom stereocenters. The molecule has 4 heteroatoms. The maximum Gasteiger partial charge on any atom is 0.320 e. The largest absolute Gasteiger partial charge is 0.480 e. The van der Waals surface area contributed by atoms with E-state index in [-0.39, 0.29) is 6.04 Å². The summed E-state index contributed by atoms with van der Waals surface area (Å²) in [6, 6.07) is 15.5. The van der Waals surface area contributed by atoms with Gasteiger partial charge in [0.25, 0.3) is 0 Å². The van der Waals surface area contributed by atoms with E-state index < -0.39 is 12.0 Å². The lowest BCUT2D eigenvalue weighted by Gasteiger charge is -2.40. The summed E-state index contributed by atoms with van der Waals surface area (Å²) in [7, 11) is 0. The molecule has 2 atom stereocenters. The van der Waals surface area contributed by atoms with Gasteiger partial charge in [-0.1, -0.05) is 54.4 Å². The van der Waals surface area contributed by atoms with E-state index in [4.69, 9.17) is 11.6 Å². The first-order valence-electron chi connectivity index (χ1n) is 8.37. The second-order valence-electron chi connectivity index (χ2n) is 6.40. The zero-order chi connectivity index (χ0) is 17.1. The number of rotatable bonds is 4. The van der Waals surface area contributed by atoms with Crippen molar-refractivity contribution in [2.24, 2.45) is 0 Å². The third kappa shape index (κ3) is 3.47. The van der Waals surface area contributed by atoms with Crippen LogP contribution in [0.5, 0.6) is 0 Å². The number of hydrogen-bond donors (Lipinski definition) is 1. The Hall–Kier alpha value is -1.84. The molecule has 0 radical (unpaired) electrons. The van der Waals surface area contributed by atoms with Crippen LogP contribution in [0.3, 0.4) is 0 Å². The molecule has 0 saturated carbocycles. The minimum absolute atomic E-state index is 0.0649. The van der Waals surface area contributed by atoms with Crippen LogP contribution in [0, 0.1) is 6.92 Å². The van der Waals surface area contributed by atoms with E-state index in [1.807, 2.05) is 36.4 Å². The van der Waals surface area contributed by atoms with Crippen LogP contribution in [0.2, 0.25) is 5.02 Å². The van der Waals surface area contributed by atoms with Gasteiger partial charge in [0.2, 0.25) is 0 Å². The third-order valence-corrected chi connectivity index (χ3v) is 5.08. The molecule has 1 saturated heterocycles. The lowest BCUT2D eigenvalue weighted by atomic mass is 9.89. The highest BCUT2D eigenvalue weighted by Crippen LogP contribution is 2.36. The highest BCUT2D eigenvalue weighted by Gasteiger charge is 2.35. The van der Waals surface area contributed by atoms with Crippen molar-refractivity contribution in [2.75, 3.05) is 6.54 Å². The van der Waals surface area contributed by atoms with Gasteiger partial charge in [-0.2, -0.15) is 0 Å². The number of carbonyl (C=O) groups is 1. The van der Waals surface area contributed by atoms with E-state index in [0.29, 0.717) is 11.4 Å². The second kappa shape index (κ2) is 7.37. The van der Waals surface area contributed by atoms with Crippen LogP contribution in [0.15, 0.2) is 48.5 Å². The zero-order valence-electron chi connectivity index (χ0n) is 13.8. The molecule has 126 valence electrons. The molecule has 3 nitrogen and oxygen atoms in total. The molecule has 0 aliphatic carbocycles. The zero-order valence-corrected chi connectivity index (χ0v) is 14.5. The average molecular weight is 344 g/mol. The molecule has 1 aliphatic rings. The van der Waals surface area contributed by atoms with E-state index in [0.717, 1.165) is 30.5 Å². The van der Waals surface area contributed by atoms with Crippen LogP contribution < -0.4 is 0 Å². The summed E-state index contributed by atoms with van der Waals surface area (Å²) in [6.07, 6.45) is 2.69.